The van der Waals surface area contributed by atoms with Crippen molar-refractivity contribution >= 4 is 28.8 Å². The number of rotatable bonds is 6. The number of nitrogens with zero attached hydrogens (tertiary/aromatic N) is 1. The maximum absolute atomic E-state index is 12.0. The summed E-state index contributed by atoms with van der Waals surface area (Å²) in [4.78, 5) is 14.2. The van der Waals surface area contributed by atoms with Crippen molar-refractivity contribution in [1.82, 2.24) is 4.90 Å². The van der Waals surface area contributed by atoms with Gasteiger partial charge in [0.05, 0.1) is 19.1 Å². The number of anilines is 1. The lowest BCUT2D eigenvalue weighted by Crippen LogP contribution is -2.29. The number of nitrogens with two attached hydrogens (primary N) is 1. The van der Waals surface area contributed by atoms with Crippen LogP contribution in [0.25, 0.3) is 0 Å². The average Bonchev–Trinajstić information content (AvgIpc) is 2.91. The Labute approximate surface area is 128 Å². The zero-order valence-electron chi connectivity index (χ0n) is 11.7. The van der Waals surface area contributed by atoms with Crippen LogP contribution in [0.5, 0.6) is 0 Å². The lowest BCUT2D eigenvalue weighted by Gasteiger charge is -2.15. The van der Waals surface area contributed by atoms with Crippen LogP contribution in [-0.4, -0.2) is 29.4 Å². The van der Waals surface area contributed by atoms with Gasteiger partial charge in [0.1, 0.15) is 4.99 Å². The summed E-state index contributed by atoms with van der Waals surface area (Å²) >= 11 is 4.92. The highest BCUT2D eigenvalue weighted by Crippen LogP contribution is 2.11. The molecule has 0 unspecified atom stereocenters. The van der Waals surface area contributed by atoms with E-state index in [-0.39, 0.29) is 12.5 Å². The van der Waals surface area contributed by atoms with Gasteiger partial charge in [-0.25, -0.2) is 0 Å². The molecule has 0 aliphatic carbocycles. The van der Waals surface area contributed by atoms with Gasteiger partial charge in [-0.3, -0.25) is 9.69 Å². The summed E-state index contributed by atoms with van der Waals surface area (Å²) in [6.07, 6.45) is 3.28. The molecule has 0 saturated carbocycles. The van der Waals surface area contributed by atoms with Crippen LogP contribution in [0.4, 0.5) is 5.69 Å². The fourth-order valence-electron chi connectivity index (χ4n) is 1.95. The molecular formula is C15H17N3O2S. The van der Waals surface area contributed by atoms with Crippen molar-refractivity contribution in [2.75, 3.05) is 18.9 Å². The van der Waals surface area contributed by atoms with Crippen LogP contribution < -0.4 is 11.1 Å². The molecule has 3 N–H and O–H groups in total. The van der Waals surface area contributed by atoms with Gasteiger partial charge in [-0.1, -0.05) is 24.4 Å². The van der Waals surface area contributed by atoms with E-state index in [0.717, 1.165) is 11.1 Å². The first-order valence-electron chi connectivity index (χ1n) is 6.44. The van der Waals surface area contributed by atoms with E-state index < -0.39 is 0 Å². The predicted molar refractivity (Wildman–Crippen MR) is 86.0 cm³/mol. The number of amides is 1. The van der Waals surface area contributed by atoms with E-state index in [9.17, 15) is 4.79 Å². The highest BCUT2D eigenvalue weighted by atomic mass is 32.1. The Bertz CT molecular complexity index is 626. The predicted octanol–water partition coefficient (Wildman–Crippen LogP) is 1.98. The zero-order chi connectivity index (χ0) is 15.2. The minimum atomic E-state index is -0.0962. The number of hydrogen-bond donors (Lipinski definition) is 2. The van der Waals surface area contributed by atoms with Crippen molar-refractivity contribution in [3.8, 4) is 0 Å². The molecule has 0 radical (unpaired) electrons. The SMILES string of the molecule is CN(CC(=O)Nc1cccc(C(N)=S)c1)Cc1ccoc1. The molecule has 1 heterocycles. The molecule has 1 aromatic carbocycles. The summed E-state index contributed by atoms with van der Waals surface area (Å²) < 4.78 is 5.00. The average molecular weight is 303 g/mol. The highest BCUT2D eigenvalue weighted by molar-refractivity contribution is 7.80. The molecule has 0 fully saturated rings. The summed E-state index contributed by atoms with van der Waals surface area (Å²) in [6, 6.07) is 9.05. The van der Waals surface area contributed by atoms with Gasteiger partial charge in [-0.2, -0.15) is 0 Å². The van der Waals surface area contributed by atoms with E-state index >= 15 is 0 Å². The van der Waals surface area contributed by atoms with Crippen molar-refractivity contribution in [2.45, 2.75) is 6.54 Å². The third-order valence-electron chi connectivity index (χ3n) is 2.88. The number of hydrogen-bond acceptors (Lipinski definition) is 4. The molecule has 21 heavy (non-hydrogen) atoms. The van der Waals surface area contributed by atoms with Gasteiger partial charge in [0.25, 0.3) is 0 Å². The van der Waals surface area contributed by atoms with E-state index in [1.165, 1.54) is 0 Å². The van der Waals surface area contributed by atoms with Crippen molar-refractivity contribution in [3.63, 3.8) is 0 Å². The smallest absolute Gasteiger partial charge is 0.238 e. The minimum Gasteiger partial charge on any atom is -0.472 e. The maximum atomic E-state index is 12.0. The zero-order valence-corrected chi connectivity index (χ0v) is 12.5. The Morgan fingerprint density at radius 3 is 2.90 bits per heavy atom. The van der Waals surface area contributed by atoms with Gasteiger partial charge in [-0.15, -0.1) is 0 Å². The quantitative estimate of drug-likeness (QED) is 0.799. The molecule has 6 heteroatoms. The van der Waals surface area contributed by atoms with Gasteiger partial charge in [0.2, 0.25) is 5.91 Å². The molecular weight excluding hydrogens is 286 g/mol. The molecule has 2 rings (SSSR count). The second-order valence-corrected chi connectivity index (χ2v) is 5.24. The van der Waals surface area contributed by atoms with Crippen molar-refractivity contribution in [3.05, 3.63) is 54.0 Å². The number of benzene rings is 1. The summed E-state index contributed by atoms with van der Waals surface area (Å²) in [5.74, 6) is -0.0962. The maximum Gasteiger partial charge on any atom is 0.238 e. The van der Waals surface area contributed by atoms with Crippen LogP contribution in [0.1, 0.15) is 11.1 Å². The largest absolute Gasteiger partial charge is 0.472 e. The first-order chi connectivity index (χ1) is 10.0. The van der Waals surface area contributed by atoms with Gasteiger partial charge in [-0.05, 0) is 25.2 Å². The first kappa shape index (κ1) is 15.2. The monoisotopic (exact) mass is 303 g/mol. The fraction of sp³-hybridized carbons (Fsp3) is 0.200. The molecule has 2 aromatic rings. The third-order valence-corrected chi connectivity index (χ3v) is 3.11. The van der Waals surface area contributed by atoms with Gasteiger partial charge >= 0.3 is 0 Å². The van der Waals surface area contributed by atoms with Crippen LogP contribution in [0.15, 0.2) is 47.3 Å². The lowest BCUT2D eigenvalue weighted by molar-refractivity contribution is -0.117. The molecule has 0 bridgehead atoms. The molecule has 0 aliphatic rings. The Hall–Kier alpha value is -2.18. The number of carbonyl (C=O) groups is 1. The number of nitrogens with one attached hydrogen (secondary N) is 1. The van der Waals surface area contributed by atoms with Crippen LogP contribution in [0, 0.1) is 0 Å². The molecule has 0 spiro atoms. The second-order valence-electron chi connectivity index (χ2n) is 4.80. The van der Waals surface area contributed by atoms with E-state index in [1.807, 2.05) is 24.1 Å². The Balaban J connectivity index is 1.89. The number of likely N-dealkylation sites (N-methyl/N-ethyl adjacent to an activating group) is 1. The normalized spacial score (nSPS) is 10.6. The topological polar surface area (TPSA) is 71.5 Å². The molecule has 0 atom stereocenters. The van der Waals surface area contributed by atoms with E-state index in [2.05, 4.69) is 5.32 Å². The first-order valence-corrected chi connectivity index (χ1v) is 6.85. The van der Waals surface area contributed by atoms with Crippen LogP contribution >= 0.6 is 12.2 Å². The summed E-state index contributed by atoms with van der Waals surface area (Å²) in [5, 5.41) is 2.83. The molecule has 1 aromatic heterocycles. The fourth-order valence-corrected chi connectivity index (χ4v) is 2.07. The summed E-state index contributed by atoms with van der Waals surface area (Å²) in [5.41, 5.74) is 8.01. The summed E-state index contributed by atoms with van der Waals surface area (Å²) in [7, 11) is 1.87. The summed E-state index contributed by atoms with van der Waals surface area (Å²) in [6.45, 7) is 0.930. The highest BCUT2D eigenvalue weighted by Gasteiger charge is 2.08. The van der Waals surface area contributed by atoms with Crippen molar-refractivity contribution in [2.24, 2.45) is 5.73 Å². The van der Waals surface area contributed by atoms with Crippen LogP contribution in [0.3, 0.4) is 0 Å². The Morgan fingerprint density at radius 2 is 2.24 bits per heavy atom. The number of thiocarbonyl (C=S) groups is 1. The molecule has 110 valence electrons. The lowest BCUT2D eigenvalue weighted by atomic mass is 10.2. The standard InChI is InChI=1S/C15H17N3O2S/c1-18(8-11-5-6-20-10-11)9-14(19)17-13-4-2-3-12(7-13)15(16)21/h2-7,10H,8-9H2,1H3,(H2,16,21)(H,17,19). The van der Waals surface area contributed by atoms with Gasteiger partial charge < -0.3 is 15.5 Å². The molecule has 0 aliphatic heterocycles. The van der Waals surface area contributed by atoms with Crippen LogP contribution in [-0.2, 0) is 11.3 Å². The van der Waals surface area contributed by atoms with Gasteiger partial charge in [0, 0.05) is 23.4 Å². The van der Waals surface area contributed by atoms with Gasteiger partial charge in [0.15, 0.2) is 0 Å². The van der Waals surface area contributed by atoms with Crippen molar-refractivity contribution in [1.29, 1.82) is 0 Å². The molecule has 0 saturated heterocycles. The Kier molecular flexibility index (Phi) is 5.08. The molecule has 1 amide bonds. The number of carbonyl (C=O) groups excluding carboxylic acids is 1. The number of furan rings is 1. The van der Waals surface area contributed by atoms with Crippen LogP contribution in [0.2, 0.25) is 0 Å². The second kappa shape index (κ2) is 7.01. The third kappa shape index (κ3) is 4.70. The van der Waals surface area contributed by atoms with Crippen molar-refractivity contribution < 1.29 is 9.21 Å². The van der Waals surface area contributed by atoms with E-state index in [1.54, 1.807) is 30.7 Å². The minimum absolute atomic E-state index is 0.0962. The van der Waals surface area contributed by atoms with E-state index in [0.29, 0.717) is 17.2 Å². The van der Waals surface area contributed by atoms with E-state index in [4.69, 9.17) is 22.4 Å². The molecule has 5 nitrogen and oxygen atoms in total. The Morgan fingerprint density at radius 1 is 1.43 bits per heavy atom.